The third-order valence-electron chi connectivity index (χ3n) is 3.04. The highest BCUT2D eigenvalue weighted by atomic mass is 16.5. The number of nitrogens with one attached hydrogen (secondary N) is 1. The average molecular weight is 311 g/mol. The van der Waals surface area contributed by atoms with Gasteiger partial charge in [0.15, 0.2) is 5.84 Å². The standard InChI is InChI=1S/C16H17N5O2/c1-10(9-11(23-2)7-8-17)16(22)21-20-15-13-6-4-3-5-12(13)14(18)19-15/h3-9H,1,17H2,2H3,(H,21,22)(H2,18,19,20)/b8-7-,11-9+. The van der Waals surface area contributed by atoms with Crippen LogP contribution in [0.5, 0.6) is 0 Å². The molecule has 1 aliphatic rings. The Bertz CT molecular complexity index is 759. The van der Waals surface area contributed by atoms with E-state index in [1.165, 1.54) is 25.5 Å². The summed E-state index contributed by atoms with van der Waals surface area (Å²) in [6.07, 6.45) is 4.25. The summed E-state index contributed by atoms with van der Waals surface area (Å²) in [5, 5.41) is 3.99. The van der Waals surface area contributed by atoms with Crippen LogP contribution in [0, 0.1) is 0 Å². The minimum atomic E-state index is -0.490. The zero-order chi connectivity index (χ0) is 16.8. The first kappa shape index (κ1) is 16.0. The lowest BCUT2D eigenvalue weighted by Crippen LogP contribution is -2.20. The van der Waals surface area contributed by atoms with Crippen LogP contribution in [0.25, 0.3) is 0 Å². The van der Waals surface area contributed by atoms with Crippen molar-refractivity contribution in [1.82, 2.24) is 5.43 Å². The highest BCUT2D eigenvalue weighted by Gasteiger charge is 2.19. The lowest BCUT2D eigenvalue weighted by Gasteiger charge is -2.03. The Balaban J connectivity index is 2.12. The molecule has 2 rings (SSSR count). The number of ether oxygens (including phenoxy) is 1. The van der Waals surface area contributed by atoms with Gasteiger partial charge in [0, 0.05) is 16.7 Å². The first-order valence-electron chi connectivity index (χ1n) is 6.71. The summed E-state index contributed by atoms with van der Waals surface area (Å²) in [5.41, 5.74) is 15.2. The van der Waals surface area contributed by atoms with Gasteiger partial charge in [0.25, 0.3) is 5.91 Å². The highest BCUT2D eigenvalue weighted by molar-refractivity contribution is 6.22. The number of benzene rings is 1. The number of allylic oxidation sites excluding steroid dienone is 1. The van der Waals surface area contributed by atoms with Crippen molar-refractivity contribution in [2.75, 3.05) is 7.11 Å². The van der Waals surface area contributed by atoms with Crippen LogP contribution in [0.3, 0.4) is 0 Å². The second-order valence-electron chi connectivity index (χ2n) is 4.55. The van der Waals surface area contributed by atoms with E-state index >= 15 is 0 Å². The molecule has 7 nitrogen and oxygen atoms in total. The van der Waals surface area contributed by atoms with E-state index in [2.05, 4.69) is 22.1 Å². The van der Waals surface area contributed by atoms with Gasteiger partial charge in [0.1, 0.15) is 11.6 Å². The fraction of sp³-hybridized carbons (Fsp3) is 0.0625. The summed E-state index contributed by atoms with van der Waals surface area (Å²) in [6, 6.07) is 7.36. The first-order chi connectivity index (χ1) is 11.1. The molecule has 0 saturated heterocycles. The Morgan fingerprint density at radius 3 is 2.74 bits per heavy atom. The molecule has 0 fully saturated rings. The fourth-order valence-corrected chi connectivity index (χ4v) is 1.90. The van der Waals surface area contributed by atoms with Crippen LogP contribution in [-0.2, 0) is 9.53 Å². The molecular weight excluding hydrogens is 294 g/mol. The Hall–Kier alpha value is -3.35. The number of hydrazone groups is 1. The monoisotopic (exact) mass is 311 g/mol. The maximum atomic E-state index is 12.0. The number of hydrogen-bond acceptors (Lipinski definition) is 5. The van der Waals surface area contributed by atoms with Crippen LogP contribution in [-0.4, -0.2) is 24.7 Å². The molecule has 0 aliphatic carbocycles. The predicted octanol–water partition coefficient (Wildman–Crippen LogP) is 0.742. The number of carbonyl (C=O) groups is 1. The number of amidine groups is 2. The van der Waals surface area contributed by atoms with Crippen LogP contribution < -0.4 is 16.9 Å². The van der Waals surface area contributed by atoms with Crippen LogP contribution >= 0.6 is 0 Å². The number of rotatable bonds is 5. The van der Waals surface area contributed by atoms with Crippen molar-refractivity contribution in [2.24, 2.45) is 21.6 Å². The normalized spacial score (nSPS) is 15.4. The van der Waals surface area contributed by atoms with E-state index < -0.39 is 5.91 Å². The van der Waals surface area contributed by atoms with Crippen LogP contribution in [0.1, 0.15) is 11.1 Å². The lowest BCUT2D eigenvalue weighted by atomic mass is 10.1. The van der Waals surface area contributed by atoms with Gasteiger partial charge in [-0.2, -0.15) is 5.10 Å². The number of amides is 1. The number of methoxy groups -OCH3 is 1. The Morgan fingerprint density at radius 1 is 1.39 bits per heavy atom. The van der Waals surface area contributed by atoms with E-state index in [0.29, 0.717) is 17.4 Å². The van der Waals surface area contributed by atoms with Crippen LogP contribution in [0.15, 0.2) is 70.6 Å². The summed E-state index contributed by atoms with van der Waals surface area (Å²) in [5.74, 6) is 0.614. The maximum Gasteiger partial charge on any atom is 0.270 e. The Labute approximate surface area is 133 Å². The van der Waals surface area contributed by atoms with Crippen molar-refractivity contribution < 1.29 is 9.53 Å². The molecule has 0 saturated carbocycles. The van der Waals surface area contributed by atoms with E-state index in [4.69, 9.17) is 16.2 Å². The van der Waals surface area contributed by atoms with Gasteiger partial charge in [-0.25, -0.2) is 10.4 Å². The van der Waals surface area contributed by atoms with Gasteiger partial charge in [-0.1, -0.05) is 30.8 Å². The van der Waals surface area contributed by atoms with Crippen molar-refractivity contribution in [3.05, 3.63) is 71.7 Å². The van der Waals surface area contributed by atoms with Crippen molar-refractivity contribution in [2.45, 2.75) is 0 Å². The molecule has 0 radical (unpaired) electrons. The average Bonchev–Trinajstić information content (AvgIpc) is 2.88. The third kappa shape index (κ3) is 3.65. The molecule has 1 aromatic rings. The molecule has 0 unspecified atom stereocenters. The molecule has 0 bridgehead atoms. The zero-order valence-corrected chi connectivity index (χ0v) is 12.6. The largest absolute Gasteiger partial charge is 0.497 e. The molecule has 0 atom stereocenters. The van der Waals surface area contributed by atoms with Crippen molar-refractivity contribution in [1.29, 1.82) is 0 Å². The van der Waals surface area contributed by atoms with Crippen molar-refractivity contribution in [3.8, 4) is 0 Å². The van der Waals surface area contributed by atoms with Crippen molar-refractivity contribution in [3.63, 3.8) is 0 Å². The SMILES string of the molecule is C=C(/C=C(\C=C/N)OC)C(=O)N/N=C1\N=C(N)c2ccccc21. The molecule has 1 aliphatic heterocycles. The van der Waals surface area contributed by atoms with E-state index in [-0.39, 0.29) is 5.57 Å². The van der Waals surface area contributed by atoms with Gasteiger partial charge in [0.05, 0.1) is 7.11 Å². The second-order valence-corrected chi connectivity index (χ2v) is 4.55. The molecule has 5 N–H and O–H groups in total. The molecule has 7 heteroatoms. The van der Waals surface area contributed by atoms with Gasteiger partial charge in [-0.15, -0.1) is 0 Å². The first-order valence-corrected chi connectivity index (χ1v) is 6.71. The van der Waals surface area contributed by atoms with Gasteiger partial charge in [-0.05, 0) is 18.4 Å². The molecule has 1 heterocycles. The summed E-state index contributed by atoms with van der Waals surface area (Å²) in [6.45, 7) is 3.66. The second kappa shape index (κ2) is 7.08. The quantitative estimate of drug-likeness (QED) is 0.322. The molecule has 23 heavy (non-hydrogen) atoms. The van der Waals surface area contributed by atoms with E-state index in [9.17, 15) is 4.79 Å². The summed E-state index contributed by atoms with van der Waals surface area (Å²) in [4.78, 5) is 16.1. The summed E-state index contributed by atoms with van der Waals surface area (Å²) < 4.78 is 5.03. The van der Waals surface area contributed by atoms with Gasteiger partial charge in [0.2, 0.25) is 0 Å². The minimum absolute atomic E-state index is 0.160. The highest BCUT2D eigenvalue weighted by Crippen LogP contribution is 2.16. The van der Waals surface area contributed by atoms with E-state index in [0.717, 1.165) is 11.1 Å². The Kier molecular flexibility index (Phi) is 4.93. The third-order valence-corrected chi connectivity index (χ3v) is 3.04. The zero-order valence-electron chi connectivity index (χ0n) is 12.6. The summed E-state index contributed by atoms with van der Waals surface area (Å²) in [7, 11) is 1.46. The fourth-order valence-electron chi connectivity index (χ4n) is 1.90. The maximum absolute atomic E-state index is 12.0. The number of aliphatic imine (C=N–C) groups is 1. The number of fused-ring (bicyclic) bond motifs is 1. The topological polar surface area (TPSA) is 115 Å². The number of nitrogens with zero attached hydrogens (tertiary/aromatic N) is 2. The number of nitrogens with two attached hydrogens (primary N) is 2. The molecule has 0 spiro atoms. The lowest BCUT2D eigenvalue weighted by molar-refractivity contribution is -0.117. The van der Waals surface area contributed by atoms with E-state index in [1.54, 1.807) is 0 Å². The van der Waals surface area contributed by atoms with Gasteiger partial charge in [-0.3, -0.25) is 4.79 Å². The van der Waals surface area contributed by atoms with Gasteiger partial charge < -0.3 is 16.2 Å². The minimum Gasteiger partial charge on any atom is -0.497 e. The molecule has 0 aromatic heterocycles. The van der Waals surface area contributed by atoms with Crippen molar-refractivity contribution >= 4 is 17.6 Å². The van der Waals surface area contributed by atoms with E-state index in [1.807, 2.05) is 24.3 Å². The van der Waals surface area contributed by atoms with Crippen LogP contribution in [0.2, 0.25) is 0 Å². The molecule has 1 aromatic carbocycles. The molecular formula is C16H17N5O2. The van der Waals surface area contributed by atoms with Gasteiger partial charge >= 0.3 is 0 Å². The Morgan fingerprint density at radius 2 is 2.09 bits per heavy atom. The predicted molar refractivity (Wildman–Crippen MR) is 89.4 cm³/mol. The summed E-state index contributed by atoms with van der Waals surface area (Å²) >= 11 is 0. The van der Waals surface area contributed by atoms with Crippen LogP contribution in [0.4, 0.5) is 0 Å². The smallest absolute Gasteiger partial charge is 0.270 e. The molecule has 118 valence electrons. The molecule has 1 amide bonds. The number of carbonyl (C=O) groups excluding carboxylic acids is 1. The number of hydrogen-bond donors (Lipinski definition) is 3.